The Morgan fingerprint density at radius 2 is 1.69 bits per heavy atom. The normalized spacial score (nSPS) is 17.8. The Labute approximate surface area is 215 Å². The average molecular weight is 526 g/mol. The number of amides is 2. The third-order valence-electron chi connectivity index (χ3n) is 5.76. The van der Waals surface area contributed by atoms with Gasteiger partial charge < -0.3 is 15.7 Å². The maximum Gasteiger partial charge on any atom is 0.307 e. The number of nitrogens with one attached hydrogen (secondary N) is 2. The van der Waals surface area contributed by atoms with E-state index in [4.69, 9.17) is 0 Å². The van der Waals surface area contributed by atoms with Crippen LogP contribution < -0.4 is 10.6 Å². The van der Waals surface area contributed by atoms with Crippen molar-refractivity contribution in [3.63, 3.8) is 0 Å². The van der Waals surface area contributed by atoms with Crippen LogP contribution >= 0.6 is 23.1 Å². The van der Waals surface area contributed by atoms with Gasteiger partial charge in [-0.25, -0.2) is 9.37 Å². The van der Waals surface area contributed by atoms with Crippen LogP contribution in [-0.4, -0.2) is 33.1 Å². The van der Waals surface area contributed by atoms with E-state index in [2.05, 4.69) is 15.6 Å². The molecule has 3 N–H and O–H groups in total. The minimum absolute atomic E-state index is 0.206. The van der Waals surface area contributed by atoms with E-state index >= 15 is 0 Å². The first-order chi connectivity index (χ1) is 17.3. The highest BCUT2D eigenvalue weighted by Crippen LogP contribution is 2.30. The molecule has 0 spiro atoms. The van der Waals surface area contributed by atoms with E-state index in [1.807, 2.05) is 6.08 Å². The molecule has 0 radical (unpaired) electrons. The van der Waals surface area contributed by atoms with Crippen molar-refractivity contribution in [1.82, 2.24) is 4.98 Å². The second-order valence-corrected chi connectivity index (χ2v) is 10.6. The summed E-state index contributed by atoms with van der Waals surface area (Å²) in [5.74, 6) is -3.15. The molecule has 3 aromatic rings. The highest BCUT2D eigenvalue weighted by Gasteiger charge is 2.33. The van der Waals surface area contributed by atoms with Crippen LogP contribution in [0.25, 0.3) is 11.3 Å². The first-order valence-corrected chi connectivity index (χ1v) is 13.0. The number of carboxylic acid groups (broad SMARTS) is 1. The molecule has 3 atom stereocenters. The van der Waals surface area contributed by atoms with Gasteiger partial charge in [0.15, 0.2) is 5.13 Å². The number of aliphatic carboxylic acids is 1. The SMILES string of the molecule is CC(Sc1ccc(NC(=O)C2CC=CCC2C(=O)O)cc1)C(=O)Nc1nc(-c2ccc(F)cc2)cs1. The number of allylic oxidation sites excluding steroid dienone is 2. The lowest BCUT2D eigenvalue weighted by Gasteiger charge is -2.24. The molecule has 3 unspecified atom stereocenters. The van der Waals surface area contributed by atoms with Gasteiger partial charge in [0.05, 0.1) is 22.8 Å². The van der Waals surface area contributed by atoms with E-state index in [0.29, 0.717) is 29.4 Å². The summed E-state index contributed by atoms with van der Waals surface area (Å²) in [4.78, 5) is 42.0. The van der Waals surface area contributed by atoms with Gasteiger partial charge in [-0.05, 0) is 68.3 Å². The number of rotatable bonds is 8. The van der Waals surface area contributed by atoms with Crippen molar-refractivity contribution in [2.24, 2.45) is 11.8 Å². The molecule has 1 aromatic heterocycles. The zero-order chi connectivity index (χ0) is 25.7. The lowest BCUT2D eigenvalue weighted by atomic mass is 9.82. The monoisotopic (exact) mass is 525 g/mol. The molecule has 10 heteroatoms. The highest BCUT2D eigenvalue weighted by atomic mass is 32.2. The maximum atomic E-state index is 13.1. The van der Waals surface area contributed by atoms with Gasteiger partial charge >= 0.3 is 5.97 Å². The van der Waals surface area contributed by atoms with Crippen LogP contribution in [0.2, 0.25) is 0 Å². The molecule has 0 saturated carbocycles. The first-order valence-electron chi connectivity index (χ1n) is 11.3. The summed E-state index contributed by atoms with van der Waals surface area (Å²) in [5.41, 5.74) is 1.99. The van der Waals surface area contributed by atoms with Crippen molar-refractivity contribution in [3.8, 4) is 11.3 Å². The van der Waals surface area contributed by atoms with Crippen LogP contribution in [0, 0.1) is 17.7 Å². The average Bonchev–Trinajstić information content (AvgIpc) is 3.34. The van der Waals surface area contributed by atoms with E-state index in [0.717, 1.165) is 10.5 Å². The number of nitrogens with zero attached hydrogens (tertiary/aromatic N) is 1. The van der Waals surface area contributed by atoms with E-state index in [-0.39, 0.29) is 17.6 Å². The Bertz CT molecular complexity index is 1280. The first kappa shape index (κ1) is 25.6. The van der Waals surface area contributed by atoms with Crippen LogP contribution in [0.1, 0.15) is 19.8 Å². The molecule has 2 amide bonds. The van der Waals surface area contributed by atoms with Gasteiger partial charge in [0, 0.05) is 21.5 Å². The summed E-state index contributed by atoms with van der Waals surface area (Å²) in [6.45, 7) is 1.78. The van der Waals surface area contributed by atoms with Crippen molar-refractivity contribution in [1.29, 1.82) is 0 Å². The summed E-state index contributed by atoms with van der Waals surface area (Å²) in [6, 6.07) is 13.1. The largest absolute Gasteiger partial charge is 0.481 e. The fraction of sp³-hybridized carbons (Fsp3) is 0.231. The molecule has 7 nitrogen and oxygen atoms in total. The van der Waals surface area contributed by atoms with Crippen LogP contribution in [0.5, 0.6) is 0 Å². The fourth-order valence-corrected chi connectivity index (χ4v) is 5.37. The van der Waals surface area contributed by atoms with Gasteiger partial charge in [0.25, 0.3) is 0 Å². The number of hydrogen-bond donors (Lipinski definition) is 3. The van der Waals surface area contributed by atoms with E-state index < -0.39 is 23.1 Å². The molecule has 4 rings (SSSR count). The van der Waals surface area contributed by atoms with Crippen LogP contribution in [0.3, 0.4) is 0 Å². The summed E-state index contributed by atoms with van der Waals surface area (Å²) in [5, 5.41) is 16.8. The molecule has 0 saturated heterocycles. The van der Waals surface area contributed by atoms with E-state index in [1.54, 1.807) is 54.8 Å². The zero-order valence-corrected chi connectivity index (χ0v) is 20.9. The quantitative estimate of drug-likeness (QED) is 0.258. The molecule has 36 heavy (non-hydrogen) atoms. The van der Waals surface area contributed by atoms with Gasteiger partial charge in [0.1, 0.15) is 5.82 Å². The third kappa shape index (κ3) is 6.38. The maximum absolute atomic E-state index is 13.1. The van der Waals surface area contributed by atoms with Crippen molar-refractivity contribution in [2.45, 2.75) is 29.9 Å². The minimum Gasteiger partial charge on any atom is -0.481 e. The molecule has 0 aliphatic heterocycles. The number of aromatic nitrogens is 1. The summed E-state index contributed by atoms with van der Waals surface area (Å²) in [7, 11) is 0. The topological polar surface area (TPSA) is 108 Å². The Balaban J connectivity index is 1.30. The number of hydrogen-bond acceptors (Lipinski definition) is 6. The molecule has 0 bridgehead atoms. The number of anilines is 2. The van der Waals surface area contributed by atoms with Gasteiger partial charge in [-0.3, -0.25) is 14.4 Å². The molecule has 1 aliphatic carbocycles. The second kappa shape index (κ2) is 11.5. The summed E-state index contributed by atoms with van der Waals surface area (Å²) in [6.07, 6.45) is 4.38. The number of thioether (sulfide) groups is 1. The molecule has 1 aliphatic rings. The number of benzene rings is 2. The van der Waals surface area contributed by atoms with Crippen LogP contribution in [0.4, 0.5) is 15.2 Å². The summed E-state index contributed by atoms with van der Waals surface area (Å²) < 4.78 is 13.1. The third-order valence-corrected chi connectivity index (χ3v) is 7.63. The molecule has 2 aromatic carbocycles. The molecular weight excluding hydrogens is 501 g/mol. The van der Waals surface area contributed by atoms with Gasteiger partial charge in [0.2, 0.25) is 11.8 Å². The highest BCUT2D eigenvalue weighted by molar-refractivity contribution is 8.00. The van der Waals surface area contributed by atoms with Crippen molar-refractivity contribution in [3.05, 3.63) is 71.9 Å². The van der Waals surface area contributed by atoms with E-state index in [9.17, 15) is 23.9 Å². The predicted molar refractivity (Wildman–Crippen MR) is 140 cm³/mol. The number of carbonyl (C=O) groups excluding carboxylic acids is 2. The lowest BCUT2D eigenvalue weighted by Crippen LogP contribution is -2.34. The van der Waals surface area contributed by atoms with Gasteiger partial charge in [-0.1, -0.05) is 12.2 Å². The Kier molecular flexibility index (Phi) is 8.17. The van der Waals surface area contributed by atoms with Gasteiger partial charge in [-0.2, -0.15) is 0 Å². The van der Waals surface area contributed by atoms with E-state index in [1.165, 1.54) is 35.2 Å². The molecule has 186 valence electrons. The Hall–Kier alpha value is -3.50. The molecular formula is C26H24FN3O4S2. The smallest absolute Gasteiger partial charge is 0.307 e. The Morgan fingerprint density at radius 3 is 2.36 bits per heavy atom. The number of thiazole rings is 1. The summed E-state index contributed by atoms with van der Waals surface area (Å²) >= 11 is 2.65. The number of halogens is 1. The minimum atomic E-state index is -0.970. The number of carbonyl (C=O) groups is 3. The van der Waals surface area contributed by atoms with Crippen molar-refractivity contribution < 1.29 is 23.9 Å². The zero-order valence-electron chi connectivity index (χ0n) is 19.3. The fourth-order valence-electron chi connectivity index (χ4n) is 3.78. The van der Waals surface area contributed by atoms with Crippen LogP contribution in [-0.2, 0) is 14.4 Å². The van der Waals surface area contributed by atoms with Crippen molar-refractivity contribution in [2.75, 3.05) is 10.6 Å². The van der Waals surface area contributed by atoms with Crippen LogP contribution in [0.15, 0.2) is 71.0 Å². The second-order valence-electron chi connectivity index (χ2n) is 8.30. The predicted octanol–water partition coefficient (Wildman–Crippen LogP) is 5.67. The molecule has 0 fully saturated rings. The molecule has 1 heterocycles. The standard InChI is InChI=1S/C26H24FN3O4S2/c1-15(23(31)30-26-29-22(14-35-26)16-6-8-17(27)9-7-16)36-19-12-10-18(11-13-19)28-24(32)20-4-2-3-5-21(20)25(33)34/h2-3,6-15,20-21H,4-5H2,1H3,(H,28,32)(H,33,34)(H,29,30,31). The number of carboxylic acids is 1. The van der Waals surface area contributed by atoms with Crippen molar-refractivity contribution >= 4 is 51.7 Å². The Morgan fingerprint density at radius 1 is 1.03 bits per heavy atom. The lowest BCUT2D eigenvalue weighted by molar-refractivity contribution is -0.146. The van der Waals surface area contributed by atoms with Gasteiger partial charge in [-0.15, -0.1) is 23.1 Å².